The molecule has 1 atom stereocenters. The summed E-state index contributed by atoms with van der Waals surface area (Å²) in [6.07, 6.45) is -3.79. The molecule has 4 nitrogen and oxygen atoms in total. The van der Waals surface area contributed by atoms with Crippen LogP contribution in [0.25, 0.3) is 0 Å². The molecule has 22 heavy (non-hydrogen) atoms. The number of alkyl halides is 3. The number of rotatable bonds is 2. The van der Waals surface area contributed by atoms with Gasteiger partial charge in [0.2, 0.25) is 0 Å². The maximum atomic E-state index is 13.2. The fourth-order valence-corrected chi connectivity index (χ4v) is 2.37. The van der Waals surface area contributed by atoms with Crippen molar-refractivity contribution in [2.75, 3.05) is 0 Å². The predicted octanol–water partition coefficient (Wildman–Crippen LogP) is 3.24. The number of carbonyl (C=O) groups is 1. The largest absolute Gasteiger partial charge is 0.438 e. The minimum atomic E-state index is -5.00. The molecule has 1 aromatic rings. The predicted molar refractivity (Wildman–Crippen MR) is 74.8 cm³/mol. The summed E-state index contributed by atoms with van der Waals surface area (Å²) in [5.74, 6) is -1.01. The van der Waals surface area contributed by atoms with Crippen LogP contribution in [0.1, 0.15) is 30.1 Å². The summed E-state index contributed by atoms with van der Waals surface area (Å²) in [5.41, 5.74) is -0.878. The van der Waals surface area contributed by atoms with Gasteiger partial charge >= 0.3 is 6.18 Å². The van der Waals surface area contributed by atoms with Gasteiger partial charge in [0, 0.05) is 22.7 Å². The Labute approximate surface area is 130 Å². The summed E-state index contributed by atoms with van der Waals surface area (Å²) in [6.45, 7) is 1.74. The lowest BCUT2D eigenvalue weighted by Gasteiger charge is -2.33. The van der Waals surface area contributed by atoms with Gasteiger partial charge < -0.3 is 5.11 Å². The topological polar surface area (TPSA) is 52.6 Å². The molecular formula is C14H14ClF3N2O2. The molecule has 0 radical (unpaired) electrons. The molecule has 1 aliphatic heterocycles. The number of hydrogen-bond acceptors (Lipinski definition) is 3. The van der Waals surface area contributed by atoms with Gasteiger partial charge in [-0.2, -0.15) is 13.2 Å². The number of hydrazine groups is 1. The van der Waals surface area contributed by atoms with Crippen molar-refractivity contribution in [2.45, 2.75) is 31.7 Å². The Morgan fingerprint density at radius 3 is 2.77 bits per heavy atom. The number of hydrogen-bond donors (Lipinski definition) is 2. The number of allylic oxidation sites excluding steroid dienone is 1. The Hall–Kier alpha value is -1.73. The first-order chi connectivity index (χ1) is 10.2. The van der Waals surface area contributed by atoms with Crippen molar-refractivity contribution < 1.29 is 23.1 Å². The molecule has 0 spiro atoms. The Morgan fingerprint density at radius 2 is 2.23 bits per heavy atom. The zero-order valence-corrected chi connectivity index (χ0v) is 12.4. The van der Waals surface area contributed by atoms with Gasteiger partial charge in [-0.1, -0.05) is 30.7 Å². The highest BCUT2D eigenvalue weighted by Gasteiger charge is 2.63. The van der Waals surface area contributed by atoms with Crippen LogP contribution in [0.5, 0.6) is 0 Å². The third-order valence-corrected chi connectivity index (χ3v) is 3.48. The number of nitrogens with one attached hydrogen (secondary N) is 1. The molecular weight excluding hydrogens is 321 g/mol. The Morgan fingerprint density at radius 1 is 1.55 bits per heavy atom. The molecule has 2 rings (SSSR count). The van der Waals surface area contributed by atoms with E-state index in [2.05, 4.69) is 5.43 Å². The van der Waals surface area contributed by atoms with Crippen LogP contribution >= 0.6 is 11.6 Å². The lowest BCUT2D eigenvalue weighted by atomic mass is 10.1. The highest BCUT2D eigenvalue weighted by Crippen LogP contribution is 2.41. The van der Waals surface area contributed by atoms with Gasteiger partial charge in [0.05, 0.1) is 0 Å². The van der Waals surface area contributed by atoms with Gasteiger partial charge in [-0.05, 0) is 24.6 Å². The highest BCUT2D eigenvalue weighted by molar-refractivity contribution is 6.30. The molecule has 1 amide bonds. The normalized spacial score (nSPS) is 23.7. The van der Waals surface area contributed by atoms with Crippen molar-refractivity contribution in [1.82, 2.24) is 10.4 Å². The van der Waals surface area contributed by atoms with Crippen LogP contribution in [0, 0.1) is 0 Å². The van der Waals surface area contributed by atoms with E-state index in [9.17, 15) is 23.1 Å². The summed E-state index contributed by atoms with van der Waals surface area (Å²) in [4.78, 5) is 12.3. The molecule has 1 aliphatic rings. The number of benzene rings is 1. The quantitative estimate of drug-likeness (QED) is 0.873. The van der Waals surface area contributed by atoms with Crippen molar-refractivity contribution in [3.05, 3.63) is 46.6 Å². The van der Waals surface area contributed by atoms with E-state index < -0.39 is 24.2 Å². The molecule has 8 heteroatoms. The number of nitrogens with zero attached hydrogens (tertiary/aromatic N) is 1. The molecule has 1 heterocycles. The number of aliphatic hydroxyl groups is 1. The van der Waals surface area contributed by atoms with Gasteiger partial charge in [0.15, 0.2) is 0 Å². The van der Waals surface area contributed by atoms with E-state index >= 15 is 0 Å². The molecule has 0 aromatic heterocycles. The van der Waals surface area contributed by atoms with E-state index in [0.29, 0.717) is 6.42 Å². The first-order valence-electron chi connectivity index (χ1n) is 6.54. The van der Waals surface area contributed by atoms with E-state index in [1.54, 1.807) is 6.92 Å². The van der Waals surface area contributed by atoms with Crippen LogP contribution < -0.4 is 5.43 Å². The average Bonchev–Trinajstić information content (AvgIpc) is 2.76. The molecule has 0 saturated carbocycles. The SMILES string of the molecule is CCC=C1CC(O)(C(F)(F)F)N(C(=O)c2cccc(Cl)c2)N1. The number of halogens is 4. The van der Waals surface area contributed by atoms with Crippen LogP contribution in [0.4, 0.5) is 13.2 Å². The fourth-order valence-electron chi connectivity index (χ4n) is 2.18. The van der Waals surface area contributed by atoms with Gasteiger partial charge in [-0.15, -0.1) is 0 Å². The Kier molecular flexibility index (Phi) is 4.39. The first-order valence-corrected chi connectivity index (χ1v) is 6.91. The first kappa shape index (κ1) is 16.6. The molecule has 2 N–H and O–H groups in total. The van der Waals surface area contributed by atoms with Crippen molar-refractivity contribution >= 4 is 17.5 Å². The fraction of sp³-hybridized carbons (Fsp3) is 0.357. The lowest BCUT2D eigenvalue weighted by molar-refractivity contribution is -0.299. The molecule has 120 valence electrons. The molecule has 1 fully saturated rings. The monoisotopic (exact) mass is 334 g/mol. The van der Waals surface area contributed by atoms with E-state index in [-0.39, 0.29) is 21.3 Å². The maximum absolute atomic E-state index is 13.2. The van der Waals surface area contributed by atoms with Gasteiger partial charge in [-0.3, -0.25) is 10.2 Å². The van der Waals surface area contributed by atoms with Crippen LogP contribution in [0.3, 0.4) is 0 Å². The standard InChI is InChI=1S/C14H14ClF3N2O2/c1-2-4-11-8-13(22,14(16,17)18)20(19-11)12(21)9-5-3-6-10(15)7-9/h3-7,19,22H,2,8H2,1H3. The van der Waals surface area contributed by atoms with Crippen LogP contribution in [0.15, 0.2) is 36.0 Å². The lowest BCUT2D eigenvalue weighted by Crippen LogP contribution is -2.59. The zero-order valence-electron chi connectivity index (χ0n) is 11.6. The third-order valence-electron chi connectivity index (χ3n) is 3.24. The Bertz CT molecular complexity index is 618. The zero-order chi connectivity index (χ0) is 16.5. The second kappa shape index (κ2) is 5.81. The second-order valence-corrected chi connectivity index (χ2v) is 5.33. The number of carbonyl (C=O) groups excluding carboxylic acids is 1. The molecule has 0 aliphatic carbocycles. The highest BCUT2D eigenvalue weighted by atomic mass is 35.5. The smallest absolute Gasteiger partial charge is 0.362 e. The molecule has 1 unspecified atom stereocenters. The van der Waals surface area contributed by atoms with Crippen molar-refractivity contribution in [2.24, 2.45) is 0 Å². The van der Waals surface area contributed by atoms with E-state index in [4.69, 9.17) is 11.6 Å². The molecule has 1 saturated heterocycles. The van der Waals surface area contributed by atoms with E-state index in [0.717, 1.165) is 0 Å². The summed E-state index contributed by atoms with van der Waals surface area (Å²) in [6, 6.07) is 5.51. The minimum absolute atomic E-state index is 0.0552. The summed E-state index contributed by atoms with van der Waals surface area (Å²) in [5, 5.41) is 10.5. The van der Waals surface area contributed by atoms with E-state index in [1.807, 2.05) is 0 Å². The van der Waals surface area contributed by atoms with Crippen molar-refractivity contribution in [1.29, 1.82) is 0 Å². The second-order valence-electron chi connectivity index (χ2n) is 4.89. The number of amides is 1. The van der Waals surface area contributed by atoms with E-state index in [1.165, 1.54) is 30.3 Å². The Balaban J connectivity index is 2.42. The van der Waals surface area contributed by atoms with Gasteiger partial charge in [-0.25, -0.2) is 5.01 Å². The third kappa shape index (κ3) is 2.91. The summed E-state index contributed by atoms with van der Waals surface area (Å²) in [7, 11) is 0. The van der Waals surface area contributed by atoms with Crippen LogP contribution in [-0.4, -0.2) is 27.9 Å². The summed E-state index contributed by atoms with van der Waals surface area (Å²) >= 11 is 5.75. The van der Waals surface area contributed by atoms with Crippen molar-refractivity contribution in [3.63, 3.8) is 0 Å². The summed E-state index contributed by atoms with van der Waals surface area (Å²) < 4.78 is 39.7. The van der Waals surface area contributed by atoms with Gasteiger partial charge in [0.1, 0.15) is 0 Å². The van der Waals surface area contributed by atoms with Crippen molar-refractivity contribution in [3.8, 4) is 0 Å². The molecule has 1 aromatic carbocycles. The van der Waals surface area contributed by atoms with Crippen LogP contribution in [-0.2, 0) is 0 Å². The maximum Gasteiger partial charge on any atom is 0.438 e. The van der Waals surface area contributed by atoms with Crippen LogP contribution in [0.2, 0.25) is 5.02 Å². The molecule has 0 bridgehead atoms. The average molecular weight is 335 g/mol. The minimum Gasteiger partial charge on any atom is -0.362 e. The van der Waals surface area contributed by atoms with Gasteiger partial charge in [0.25, 0.3) is 11.6 Å².